The third-order valence-corrected chi connectivity index (χ3v) is 3.26. The van der Waals surface area contributed by atoms with Crippen LogP contribution in [0.5, 0.6) is 0 Å². The Bertz CT molecular complexity index is 384. The molecule has 1 aromatic heterocycles. The monoisotopic (exact) mass is 252 g/mol. The second-order valence-electron chi connectivity index (χ2n) is 5.50. The van der Waals surface area contributed by atoms with Crippen molar-refractivity contribution in [1.82, 2.24) is 15.5 Å². The highest BCUT2D eigenvalue weighted by Crippen LogP contribution is 2.25. The van der Waals surface area contributed by atoms with Crippen molar-refractivity contribution in [3.63, 3.8) is 0 Å². The van der Waals surface area contributed by atoms with Crippen LogP contribution >= 0.6 is 0 Å². The predicted octanol–water partition coefficient (Wildman–Crippen LogP) is 1.49. The van der Waals surface area contributed by atoms with Gasteiger partial charge in [0.1, 0.15) is 0 Å². The van der Waals surface area contributed by atoms with Crippen LogP contribution in [0.2, 0.25) is 0 Å². The Kier molecular flexibility index (Phi) is 5.34. The molecule has 18 heavy (non-hydrogen) atoms. The lowest BCUT2D eigenvalue weighted by molar-refractivity contribution is -0.121. The van der Waals surface area contributed by atoms with Gasteiger partial charge in [0.15, 0.2) is 0 Å². The van der Waals surface area contributed by atoms with E-state index in [1.807, 2.05) is 6.92 Å². The average Bonchev–Trinajstić information content (AvgIpc) is 2.70. The van der Waals surface area contributed by atoms with Gasteiger partial charge in [-0.2, -0.15) is 5.10 Å². The van der Waals surface area contributed by atoms with Crippen molar-refractivity contribution < 1.29 is 4.79 Å². The smallest absolute Gasteiger partial charge is 0.220 e. The molecule has 0 fully saturated rings. The van der Waals surface area contributed by atoms with E-state index in [1.165, 1.54) is 0 Å². The molecule has 1 heterocycles. The van der Waals surface area contributed by atoms with Crippen LogP contribution in [0.15, 0.2) is 6.20 Å². The minimum Gasteiger partial charge on any atom is -0.352 e. The zero-order valence-electron chi connectivity index (χ0n) is 11.5. The van der Waals surface area contributed by atoms with Gasteiger partial charge in [-0.05, 0) is 31.7 Å². The molecule has 0 aliphatic heterocycles. The maximum absolute atomic E-state index is 11.7. The van der Waals surface area contributed by atoms with Gasteiger partial charge in [0.2, 0.25) is 5.91 Å². The van der Waals surface area contributed by atoms with Gasteiger partial charge >= 0.3 is 0 Å². The summed E-state index contributed by atoms with van der Waals surface area (Å²) >= 11 is 0. The van der Waals surface area contributed by atoms with Crippen molar-refractivity contribution in [3.8, 4) is 0 Å². The SMILES string of the molecule is Cc1[nH]ncc1CNC(=O)CCC(C)(C)CCN. The fraction of sp³-hybridized carbons (Fsp3) is 0.692. The summed E-state index contributed by atoms with van der Waals surface area (Å²) in [5.74, 6) is 0.0840. The highest BCUT2D eigenvalue weighted by Gasteiger charge is 2.18. The van der Waals surface area contributed by atoms with Gasteiger partial charge in [-0.25, -0.2) is 0 Å². The number of aromatic nitrogens is 2. The first-order valence-electron chi connectivity index (χ1n) is 6.40. The molecule has 0 spiro atoms. The maximum Gasteiger partial charge on any atom is 0.220 e. The first-order valence-corrected chi connectivity index (χ1v) is 6.40. The van der Waals surface area contributed by atoms with Crippen molar-refractivity contribution in [2.75, 3.05) is 6.54 Å². The largest absolute Gasteiger partial charge is 0.352 e. The van der Waals surface area contributed by atoms with Crippen molar-refractivity contribution in [2.45, 2.75) is 46.6 Å². The van der Waals surface area contributed by atoms with E-state index in [4.69, 9.17) is 5.73 Å². The number of nitrogens with one attached hydrogen (secondary N) is 2. The summed E-state index contributed by atoms with van der Waals surface area (Å²) in [6.07, 6.45) is 4.10. The Labute approximate surface area is 109 Å². The lowest BCUT2D eigenvalue weighted by Crippen LogP contribution is -2.25. The van der Waals surface area contributed by atoms with Crippen molar-refractivity contribution in [3.05, 3.63) is 17.5 Å². The van der Waals surface area contributed by atoms with Crippen LogP contribution in [-0.4, -0.2) is 22.6 Å². The number of amides is 1. The van der Waals surface area contributed by atoms with E-state index in [0.29, 0.717) is 19.5 Å². The van der Waals surface area contributed by atoms with Crippen molar-refractivity contribution in [2.24, 2.45) is 11.1 Å². The molecule has 0 aromatic carbocycles. The van der Waals surface area contributed by atoms with Crippen LogP contribution in [0, 0.1) is 12.3 Å². The highest BCUT2D eigenvalue weighted by molar-refractivity contribution is 5.75. The summed E-state index contributed by atoms with van der Waals surface area (Å²) in [5.41, 5.74) is 7.72. The molecule has 5 heteroatoms. The number of hydrogen-bond acceptors (Lipinski definition) is 3. The van der Waals surface area contributed by atoms with Crippen molar-refractivity contribution >= 4 is 5.91 Å². The van der Waals surface area contributed by atoms with E-state index < -0.39 is 0 Å². The molecule has 1 amide bonds. The summed E-state index contributed by atoms with van der Waals surface area (Å²) in [4.78, 5) is 11.7. The predicted molar refractivity (Wildman–Crippen MR) is 71.9 cm³/mol. The third kappa shape index (κ3) is 4.87. The van der Waals surface area contributed by atoms with E-state index in [0.717, 1.165) is 24.1 Å². The van der Waals surface area contributed by atoms with Crippen LogP contribution in [0.3, 0.4) is 0 Å². The molecule has 0 radical (unpaired) electrons. The average molecular weight is 252 g/mol. The first kappa shape index (κ1) is 14.7. The quantitative estimate of drug-likeness (QED) is 0.687. The van der Waals surface area contributed by atoms with Gasteiger partial charge in [0.25, 0.3) is 0 Å². The molecule has 4 N–H and O–H groups in total. The lowest BCUT2D eigenvalue weighted by atomic mass is 9.84. The summed E-state index contributed by atoms with van der Waals surface area (Å²) in [5, 5.41) is 9.68. The van der Waals surface area contributed by atoms with Gasteiger partial charge in [-0.15, -0.1) is 0 Å². The number of aryl methyl sites for hydroxylation is 1. The Morgan fingerprint density at radius 2 is 2.22 bits per heavy atom. The molecule has 1 rings (SSSR count). The molecule has 0 atom stereocenters. The molecular formula is C13H24N4O. The molecule has 1 aromatic rings. The molecule has 0 aliphatic rings. The molecule has 0 unspecified atom stereocenters. The number of nitrogens with two attached hydrogens (primary N) is 1. The molecule has 0 saturated carbocycles. The summed E-state index contributed by atoms with van der Waals surface area (Å²) < 4.78 is 0. The van der Waals surface area contributed by atoms with Crippen LogP contribution in [-0.2, 0) is 11.3 Å². The van der Waals surface area contributed by atoms with Crippen molar-refractivity contribution in [1.29, 1.82) is 0 Å². The lowest BCUT2D eigenvalue weighted by Gasteiger charge is -2.23. The minimum absolute atomic E-state index is 0.0840. The standard InChI is InChI=1S/C13H24N4O/c1-10-11(9-16-17-10)8-15-12(18)4-5-13(2,3)6-7-14/h9H,4-8,14H2,1-3H3,(H,15,18)(H,16,17). The molecule has 0 saturated heterocycles. The van der Waals surface area contributed by atoms with E-state index in [9.17, 15) is 4.79 Å². The first-order chi connectivity index (χ1) is 8.44. The zero-order chi connectivity index (χ0) is 13.6. The third-order valence-electron chi connectivity index (χ3n) is 3.26. The highest BCUT2D eigenvalue weighted by atomic mass is 16.1. The second-order valence-corrected chi connectivity index (χ2v) is 5.50. The number of carbonyl (C=O) groups excluding carboxylic acids is 1. The Hall–Kier alpha value is -1.36. The number of hydrogen-bond donors (Lipinski definition) is 3. The Morgan fingerprint density at radius 3 is 2.78 bits per heavy atom. The number of rotatable bonds is 7. The van der Waals surface area contributed by atoms with Gasteiger partial charge in [-0.3, -0.25) is 9.89 Å². The molecule has 102 valence electrons. The van der Waals surface area contributed by atoms with Gasteiger partial charge in [0.05, 0.1) is 6.20 Å². The zero-order valence-corrected chi connectivity index (χ0v) is 11.5. The normalized spacial score (nSPS) is 11.6. The molecule has 0 bridgehead atoms. The van der Waals surface area contributed by atoms with Crippen LogP contribution in [0.25, 0.3) is 0 Å². The molecular weight excluding hydrogens is 228 g/mol. The number of H-pyrrole nitrogens is 1. The van der Waals surface area contributed by atoms with Gasteiger partial charge < -0.3 is 11.1 Å². The van der Waals surface area contributed by atoms with E-state index >= 15 is 0 Å². The molecule has 5 nitrogen and oxygen atoms in total. The van der Waals surface area contributed by atoms with Gasteiger partial charge in [0, 0.05) is 24.2 Å². The van der Waals surface area contributed by atoms with E-state index in [-0.39, 0.29) is 11.3 Å². The fourth-order valence-corrected chi connectivity index (χ4v) is 1.80. The number of carbonyl (C=O) groups is 1. The molecule has 0 aliphatic carbocycles. The number of aromatic amines is 1. The maximum atomic E-state index is 11.7. The number of nitrogens with zero attached hydrogens (tertiary/aromatic N) is 1. The fourth-order valence-electron chi connectivity index (χ4n) is 1.80. The van der Waals surface area contributed by atoms with Crippen LogP contribution in [0.4, 0.5) is 0 Å². The summed E-state index contributed by atoms with van der Waals surface area (Å²) in [6, 6.07) is 0. The minimum atomic E-state index is 0.0840. The summed E-state index contributed by atoms with van der Waals surface area (Å²) in [6.45, 7) is 7.45. The van der Waals surface area contributed by atoms with Crippen LogP contribution < -0.4 is 11.1 Å². The summed E-state index contributed by atoms with van der Waals surface area (Å²) in [7, 11) is 0. The Morgan fingerprint density at radius 1 is 1.50 bits per heavy atom. The van der Waals surface area contributed by atoms with E-state index in [1.54, 1.807) is 6.20 Å². The van der Waals surface area contributed by atoms with Crippen LogP contribution in [0.1, 0.15) is 44.4 Å². The van der Waals surface area contributed by atoms with Gasteiger partial charge in [-0.1, -0.05) is 13.8 Å². The Balaban J connectivity index is 2.28. The van der Waals surface area contributed by atoms with E-state index in [2.05, 4.69) is 29.4 Å². The topological polar surface area (TPSA) is 83.8 Å². The second kappa shape index (κ2) is 6.54.